The average Bonchev–Trinajstić information content (AvgIpc) is 3.34. The first-order chi connectivity index (χ1) is 21.4. The molecular formula is C32H33ClN6O5. The lowest BCUT2D eigenvalue weighted by molar-refractivity contribution is -0.121. The molecule has 1 aliphatic heterocycles. The normalized spacial score (nSPS) is 13.7. The van der Waals surface area contributed by atoms with Crippen molar-refractivity contribution in [3.05, 3.63) is 100 Å². The summed E-state index contributed by atoms with van der Waals surface area (Å²) in [5.74, 6) is 1.29. The number of nitrogens with one attached hydrogen (secondary N) is 2. The molecule has 0 bridgehead atoms. The van der Waals surface area contributed by atoms with Crippen molar-refractivity contribution >= 4 is 29.1 Å². The summed E-state index contributed by atoms with van der Waals surface area (Å²) in [6, 6.07) is 18.9. The molecule has 2 heterocycles. The third-order valence-corrected chi connectivity index (χ3v) is 7.20. The number of aryl methyl sites for hydroxylation is 1. The minimum Gasteiger partial charge on any atom is -0.507 e. The van der Waals surface area contributed by atoms with Crippen molar-refractivity contribution in [3.63, 3.8) is 0 Å². The quantitative estimate of drug-likeness (QED) is 0.203. The van der Waals surface area contributed by atoms with Crippen molar-refractivity contribution in [2.24, 2.45) is 4.99 Å². The van der Waals surface area contributed by atoms with Gasteiger partial charge in [0.25, 0.3) is 5.91 Å². The van der Waals surface area contributed by atoms with Crippen molar-refractivity contribution in [2.75, 3.05) is 32.9 Å². The summed E-state index contributed by atoms with van der Waals surface area (Å²) in [6.07, 6.45) is 0.116. The van der Waals surface area contributed by atoms with E-state index in [4.69, 9.17) is 26.1 Å². The van der Waals surface area contributed by atoms with Crippen LogP contribution in [0.3, 0.4) is 0 Å². The number of ether oxygens (including phenoxy) is 2. The number of phenolic OH excluding ortho intramolecular Hbond substituents is 1. The maximum Gasteiger partial charge on any atom is 0.255 e. The minimum absolute atomic E-state index is 0.0717. The molecule has 0 unspecified atom stereocenters. The molecule has 2 amide bonds. The van der Waals surface area contributed by atoms with Crippen LogP contribution in [-0.2, 0) is 9.53 Å². The standard InChI is InChI=1S/C32H33ClN6O5/c1-3-34-29(41)19-26-31-38-37-20(2)39(31)27-13-12-23(18-25(27)30(36-26)21-8-10-22(33)11-9-21)44-17-16-43-15-14-35-32(42)24-6-4-5-7-28(24)40/h4-13,18,26,40H,3,14-17,19H2,1-2H3,(H,34,41)(H,35,42)/t26-/m0/s1. The van der Waals surface area contributed by atoms with Crippen molar-refractivity contribution in [1.82, 2.24) is 25.4 Å². The van der Waals surface area contributed by atoms with Crippen molar-refractivity contribution in [1.29, 1.82) is 0 Å². The Labute approximate surface area is 259 Å². The lowest BCUT2D eigenvalue weighted by atomic mass is 10.00. The zero-order valence-corrected chi connectivity index (χ0v) is 25.2. The van der Waals surface area contributed by atoms with Gasteiger partial charge in [0.2, 0.25) is 5.91 Å². The molecular weight excluding hydrogens is 584 g/mol. The molecule has 12 heteroatoms. The molecule has 0 saturated carbocycles. The molecule has 0 aliphatic carbocycles. The van der Waals surface area contributed by atoms with Crippen LogP contribution in [0.5, 0.6) is 11.5 Å². The molecule has 5 rings (SSSR count). The number of benzene rings is 3. The lowest BCUT2D eigenvalue weighted by Crippen LogP contribution is -2.27. The van der Waals surface area contributed by atoms with E-state index in [1.807, 2.05) is 48.7 Å². The Kier molecular flexibility index (Phi) is 9.88. The highest BCUT2D eigenvalue weighted by molar-refractivity contribution is 6.30. The van der Waals surface area contributed by atoms with E-state index in [0.29, 0.717) is 41.3 Å². The van der Waals surface area contributed by atoms with Crippen LogP contribution < -0.4 is 15.4 Å². The predicted molar refractivity (Wildman–Crippen MR) is 166 cm³/mol. The van der Waals surface area contributed by atoms with Crippen molar-refractivity contribution < 1.29 is 24.2 Å². The van der Waals surface area contributed by atoms with Gasteiger partial charge in [-0.05, 0) is 56.3 Å². The highest BCUT2D eigenvalue weighted by Crippen LogP contribution is 2.34. The maximum absolute atomic E-state index is 12.7. The van der Waals surface area contributed by atoms with E-state index >= 15 is 0 Å². The largest absolute Gasteiger partial charge is 0.507 e. The molecule has 3 aromatic carbocycles. The third kappa shape index (κ3) is 7.07. The van der Waals surface area contributed by atoms with Crippen LogP contribution in [-0.4, -0.2) is 70.3 Å². The van der Waals surface area contributed by atoms with Crippen LogP contribution in [0.25, 0.3) is 5.69 Å². The smallest absolute Gasteiger partial charge is 0.255 e. The number of halogens is 1. The van der Waals surface area contributed by atoms with Gasteiger partial charge in [-0.15, -0.1) is 10.2 Å². The summed E-state index contributed by atoms with van der Waals surface area (Å²) in [4.78, 5) is 29.9. The van der Waals surface area contributed by atoms with Gasteiger partial charge >= 0.3 is 0 Å². The van der Waals surface area contributed by atoms with Gasteiger partial charge in [-0.25, -0.2) is 0 Å². The van der Waals surface area contributed by atoms with Crippen LogP contribution in [0.15, 0.2) is 71.7 Å². The summed E-state index contributed by atoms with van der Waals surface area (Å²) >= 11 is 6.19. The summed E-state index contributed by atoms with van der Waals surface area (Å²) in [5, 5.41) is 24.7. The minimum atomic E-state index is -0.565. The number of carbonyl (C=O) groups is 2. The Hall–Kier alpha value is -4.74. The molecule has 0 saturated heterocycles. The second-order valence-electron chi connectivity index (χ2n) is 10.0. The summed E-state index contributed by atoms with van der Waals surface area (Å²) < 4.78 is 13.6. The first-order valence-corrected chi connectivity index (χ1v) is 14.7. The van der Waals surface area contributed by atoms with Gasteiger partial charge in [-0.3, -0.25) is 19.1 Å². The summed E-state index contributed by atoms with van der Waals surface area (Å²) in [7, 11) is 0. The number of aromatic hydroxyl groups is 1. The number of para-hydroxylation sites is 1. The molecule has 1 aromatic heterocycles. The number of hydrogen-bond acceptors (Lipinski definition) is 8. The van der Waals surface area contributed by atoms with Gasteiger partial charge in [-0.1, -0.05) is 35.9 Å². The van der Waals surface area contributed by atoms with Crippen molar-refractivity contribution in [3.8, 4) is 17.2 Å². The number of aromatic nitrogens is 3. The number of aliphatic imine (C=N–C) groups is 1. The predicted octanol–water partition coefficient (Wildman–Crippen LogP) is 4.18. The second-order valence-corrected chi connectivity index (χ2v) is 10.4. The van der Waals surface area contributed by atoms with Gasteiger partial charge in [0, 0.05) is 29.2 Å². The van der Waals surface area contributed by atoms with E-state index in [-0.39, 0.29) is 49.3 Å². The number of hydrogen-bond donors (Lipinski definition) is 3. The molecule has 1 aliphatic rings. The molecule has 3 N–H and O–H groups in total. The summed E-state index contributed by atoms with van der Waals surface area (Å²) in [5.41, 5.74) is 3.33. The van der Waals surface area contributed by atoms with E-state index in [9.17, 15) is 14.7 Å². The molecule has 44 heavy (non-hydrogen) atoms. The van der Waals surface area contributed by atoms with E-state index in [2.05, 4.69) is 20.8 Å². The Bertz CT molecular complexity index is 1670. The fraction of sp³-hybridized carbons (Fsp3) is 0.281. The monoisotopic (exact) mass is 616 g/mol. The van der Waals surface area contributed by atoms with Gasteiger partial charge in [0.15, 0.2) is 5.82 Å². The fourth-order valence-electron chi connectivity index (χ4n) is 4.90. The second kappa shape index (κ2) is 14.2. The van der Waals surface area contributed by atoms with E-state index in [0.717, 1.165) is 16.8 Å². The van der Waals surface area contributed by atoms with Crippen LogP contribution in [0.4, 0.5) is 0 Å². The Morgan fingerprint density at radius 3 is 2.57 bits per heavy atom. The molecule has 0 spiro atoms. The van der Waals surface area contributed by atoms with Crippen LogP contribution in [0.2, 0.25) is 5.02 Å². The van der Waals surface area contributed by atoms with Crippen LogP contribution in [0, 0.1) is 6.92 Å². The topological polar surface area (TPSA) is 140 Å². The lowest BCUT2D eigenvalue weighted by Gasteiger charge is -2.15. The van der Waals surface area contributed by atoms with Crippen molar-refractivity contribution in [2.45, 2.75) is 26.3 Å². The zero-order chi connectivity index (χ0) is 31.1. The first-order valence-electron chi connectivity index (χ1n) is 14.3. The Balaban J connectivity index is 1.30. The number of phenols is 1. The Morgan fingerprint density at radius 2 is 1.80 bits per heavy atom. The van der Waals surface area contributed by atoms with Gasteiger partial charge < -0.3 is 25.2 Å². The van der Waals surface area contributed by atoms with Gasteiger partial charge in [0.1, 0.15) is 30.0 Å². The molecule has 1 atom stereocenters. The van der Waals surface area contributed by atoms with Crippen LogP contribution >= 0.6 is 11.6 Å². The highest BCUT2D eigenvalue weighted by atomic mass is 35.5. The summed E-state index contributed by atoms with van der Waals surface area (Å²) in [6.45, 7) is 5.39. The molecule has 0 fully saturated rings. The van der Waals surface area contributed by atoms with E-state index < -0.39 is 6.04 Å². The zero-order valence-electron chi connectivity index (χ0n) is 24.4. The number of amides is 2. The molecule has 228 valence electrons. The highest BCUT2D eigenvalue weighted by Gasteiger charge is 2.30. The van der Waals surface area contributed by atoms with E-state index in [1.165, 1.54) is 6.07 Å². The average molecular weight is 617 g/mol. The Morgan fingerprint density at radius 1 is 1.00 bits per heavy atom. The number of rotatable bonds is 12. The number of fused-ring (bicyclic) bond motifs is 3. The van der Waals surface area contributed by atoms with E-state index in [1.54, 1.807) is 30.3 Å². The van der Waals surface area contributed by atoms with Gasteiger partial charge in [0.05, 0.1) is 36.6 Å². The molecule has 11 nitrogen and oxygen atoms in total. The number of nitrogens with zero attached hydrogens (tertiary/aromatic N) is 4. The number of carbonyl (C=O) groups excluding carboxylic acids is 2. The SMILES string of the molecule is CCNC(=O)C[C@@H]1N=C(c2ccc(Cl)cc2)c2cc(OCCOCCNC(=O)c3ccccc3O)ccc2-n2c(C)nnc21. The fourth-order valence-corrected chi connectivity index (χ4v) is 5.03. The maximum atomic E-state index is 12.7. The molecule has 0 radical (unpaired) electrons. The molecule has 4 aromatic rings. The first kappa shape index (κ1) is 30.7. The van der Waals surface area contributed by atoms with Gasteiger partial charge in [-0.2, -0.15) is 0 Å². The third-order valence-electron chi connectivity index (χ3n) is 6.94. The van der Waals surface area contributed by atoms with Crippen LogP contribution in [0.1, 0.15) is 52.5 Å².